The van der Waals surface area contributed by atoms with Gasteiger partial charge in [-0.05, 0) is 30.8 Å². The highest BCUT2D eigenvalue weighted by Crippen LogP contribution is 2.22. The number of hydrogen-bond acceptors (Lipinski definition) is 3. The molecule has 1 atom stereocenters. The molecule has 0 aromatic carbocycles. The standard InChI is InChI=1S/C8H14O2S/c1-10-8(9)7-3-2-5-11-6-4-7/h7H,2-6H2,1H3/t7-/m1/s1. The first kappa shape index (κ1) is 8.91. The second kappa shape index (κ2) is 4.65. The highest BCUT2D eigenvalue weighted by Gasteiger charge is 2.20. The molecule has 64 valence electrons. The lowest BCUT2D eigenvalue weighted by molar-refractivity contribution is -0.145. The fraction of sp³-hybridized carbons (Fsp3) is 0.875. The number of hydrogen-bond donors (Lipinski definition) is 0. The van der Waals surface area contributed by atoms with E-state index in [2.05, 4.69) is 0 Å². The molecule has 1 saturated heterocycles. The van der Waals surface area contributed by atoms with Gasteiger partial charge in [0.1, 0.15) is 0 Å². The summed E-state index contributed by atoms with van der Waals surface area (Å²) in [6.07, 6.45) is 3.17. The van der Waals surface area contributed by atoms with Gasteiger partial charge in [-0.1, -0.05) is 0 Å². The lowest BCUT2D eigenvalue weighted by atomic mass is 10.0. The van der Waals surface area contributed by atoms with Gasteiger partial charge < -0.3 is 4.74 Å². The molecule has 0 saturated carbocycles. The van der Waals surface area contributed by atoms with Crippen molar-refractivity contribution in [3.8, 4) is 0 Å². The van der Waals surface area contributed by atoms with Gasteiger partial charge in [0.2, 0.25) is 0 Å². The van der Waals surface area contributed by atoms with Crippen LogP contribution in [0.4, 0.5) is 0 Å². The summed E-state index contributed by atoms with van der Waals surface area (Å²) in [4.78, 5) is 11.1. The molecule has 1 heterocycles. The van der Waals surface area contributed by atoms with E-state index in [1.54, 1.807) is 0 Å². The summed E-state index contributed by atoms with van der Waals surface area (Å²) >= 11 is 1.94. The van der Waals surface area contributed by atoms with Gasteiger partial charge in [0, 0.05) is 0 Å². The van der Waals surface area contributed by atoms with Gasteiger partial charge in [-0.25, -0.2) is 0 Å². The van der Waals surface area contributed by atoms with E-state index >= 15 is 0 Å². The van der Waals surface area contributed by atoms with Gasteiger partial charge in [0.05, 0.1) is 13.0 Å². The summed E-state index contributed by atoms with van der Waals surface area (Å²) in [6.45, 7) is 0. The minimum Gasteiger partial charge on any atom is -0.469 e. The molecule has 11 heavy (non-hydrogen) atoms. The Bertz CT molecular complexity index is 128. The Morgan fingerprint density at radius 1 is 1.45 bits per heavy atom. The van der Waals surface area contributed by atoms with Gasteiger partial charge >= 0.3 is 5.97 Å². The maximum atomic E-state index is 11.1. The number of carbonyl (C=O) groups excluding carboxylic acids is 1. The molecule has 0 aliphatic carbocycles. The van der Waals surface area contributed by atoms with Crippen LogP contribution in [0.2, 0.25) is 0 Å². The van der Waals surface area contributed by atoms with Crippen LogP contribution in [0.5, 0.6) is 0 Å². The van der Waals surface area contributed by atoms with Crippen LogP contribution in [0.3, 0.4) is 0 Å². The molecule has 0 spiro atoms. The summed E-state index contributed by atoms with van der Waals surface area (Å²) < 4.78 is 4.70. The first-order chi connectivity index (χ1) is 5.34. The van der Waals surface area contributed by atoms with Gasteiger partial charge in [-0.2, -0.15) is 11.8 Å². The van der Waals surface area contributed by atoms with E-state index in [0.717, 1.165) is 25.0 Å². The van der Waals surface area contributed by atoms with E-state index in [-0.39, 0.29) is 11.9 Å². The minimum atomic E-state index is -0.0208. The van der Waals surface area contributed by atoms with Crippen LogP contribution in [0, 0.1) is 5.92 Å². The zero-order chi connectivity index (χ0) is 8.10. The third kappa shape index (κ3) is 2.73. The van der Waals surface area contributed by atoms with Gasteiger partial charge in [0.15, 0.2) is 0 Å². The van der Waals surface area contributed by atoms with Gasteiger partial charge in [0.25, 0.3) is 0 Å². The third-order valence-electron chi connectivity index (χ3n) is 1.99. The molecule has 1 rings (SSSR count). The Balaban J connectivity index is 2.36. The average molecular weight is 174 g/mol. The summed E-state index contributed by atoms with van der Waals surface area (Å²) in [5.74, 6) is 2.47. The molecule has 1 aliphatic heterocycles. The molecule has 1 fully saturated rings. The number of thioether (sulfide) groups is 1. The summed E-state index contributed by atoms with van der Waals surface area (Å²) in [5.41, 5.74) is 0. The van der Waals surface area contributed by atoms with Crippen LogP contribution in [-0.2, 0) is 9.53 Å². The van der Waals surface area contributed by atoms with Crippen molar-refractivity contribution in [2.75, 3.05) is 18.6 Å². The highest BCUT2D eigenvalue weighted by atomic mass is 32.2. The zero-order valence-corrected chi connectivity index (χ0v) is 7.65. The van der Waals surface area contributed by atoms with E-state index in [0.29, 0.717) is 0 Å². The number of ether oxygens (including phenoxy) is 1. The van der Waals surface area contributed by atoms with Crippen molar-refractivity contribution in [3.05, 3.63) is 0 Å². The van der Waals surface area contributed by atoms with Crippen molar-refractivity contribution >= 4 is 17.7 Å². The molecule has 0 aromatic heterocycles. The van der Waals surface area contributed by atoms with Crippen molar-refractivity contribution in [2.24, 2.45) is 5.92 Å². The predicted octanol–water partition coefficient (Wildman–Crippen LogP) is 1.69. The Kier molecular flexibility index (Phi) is 3.77. The van der Waals surface area contributed by atoms with Crippen molar-refractivity contribution in [1.82, 2.24) is 0 Å². The molecular weight excluding hydrogens is 160 g/mol. The Morgan fingerprint density at radius 3 is 3.00 bits per heavy atom. The summed E-state index contributed by atoms with van der Waals surface area (Å²) in [5, 5.41) is 0. The van der Waals surface area contributed by atoms with Crippen molar-refractivity contribution in [3.63, 3.8) is 0 Å². The van der Waals surface area contributed by atoms with Crippen LogP contribution in [0.15, 0.2) is 0 Å². The predicted molar refractivity (Wildman–Crippen MR) is 46.7 cm³/mol. The molecule has 0 unspecified atom stereocenters. The van der Waals surface area contributed by atoms with Gasteiger partial charge in [-0.3, -0.25) is 4.79 Å². The molecule has 0 amide bonds. The van der Waals surface area contributed by atoms with Crippen LogP contribution < -0.4 is 0 Å². The number of rotatable bonds is 1. The van der Waals surface area contributed by atoms with Crippen molar-refractivity contribution in [1.29, 1.82) is 0 Å². The lowest BCUT2D eigenvalue weighted by Crippen LogP contribution is -2.15. The molecular formula is C8H14O2S. The molecule has 3 heteroatoms. The maximum absolute atomic E-state index is 11.1. The monoisotopic (exact) mass is 174 g/mol. The Morgan fingerprint density at radius 2 is 2.27 bits per heavy atom. The summed E-state index contributed by atoms with van der Waals surface area (Å²) in [6, 6.07) is 0. The zero-order valence-electron chi connectivity index (χ0n) is 6.84. The van der Waals surface area contributed by atoms with Crippen LogP contribution in [0.25, 0.3) is 0 Å². The van der Waals surface area contributed by atoms with E-state index in [9.17, 15) is 4.79 Å². The number of esters is 1. The van der Waals surface area contributed by atoms with E-state index < -0.39 is 0 Å². The number of carbonyl (C=O) groups is 1. The minimum absolute atomic E-state index is 0.0208. The largest absolute Gasteiger partial charge is 0.469 e. The van der Waals surface area contributed by atoms with Crippen molar-refractivity contribution < 1.29 is 9.53 Å². The highest BCUT2D eigenvalue weighted by molar-refractivity contribution is 7.99. The topological polar surface area (TPSA) is 26.3 Å². The van der Waals surface area contributed by atoms with Crippen LogP contribution in [0.1, 0.15) is 19.3 Å². The maximum Gasteiger partial charge on any atom is 0.308 e. The summed E-state index contributed by atoms with van der Waals surface area (Å²) in [7, 11) is 1.47. The second-order valence-corrected chi connectivity index (χ2v) is 3.99. The van der Waals surface area contributed by atoms with E-state index in [1.807, 2.05) is 11.8 Å². The van der Waals surface area contributed by atoms with Crippen LogP contribution >= 0.6 is 11.8 Å². The lowest BCUT2D eigenvalue weighted by Gasteiger charge is -2.09. The SMILES string of the molecule is COC(=O)[C@@H]1CCCSCC1. The Labute approximate surface area is 71.7 Å². The third-order valence-corrected chi connectivity index (χ3v) is 3.09. The fourth-order valence-corrected chi connectivity index (χ4v) is 2.33. The van der Waals surface area contributed by atoms with Gasteiger partial charge in [-0.15, -0.1) is 0 Å². The van der Waals surface area contributed by atoms with E-state index in [1.165, 1.54) is 12.9 Å². The molecule has 0 N–H and O–H groups in total. The molecule has 2 nitrogen and oxygen atoms in total. The fourth-order valence-electron chi connectivity index (χ4n) is 1.31. The first-order valence-corrected chi connectivity index (χ1v) is 5.15. The average Bonchev–Trinajstić information content (AvgIpc) is 2.30. The van der Waals surface area contributed by atoms with Crippen LogP contribution in [-0.4, -0.2) is 24.6 Å². The molecule has 0 bridgehead atoms. The first-order valence-electron chi connectivity index (χ1n) is 4.00. The molecule has 1 aliphatic rings. The Hall–Kier alpha value is -0.180. The molecule has 0 aromatic rings. The number of methoxy groups -OCH3 is 1. The molecule has 0 radical (unpaired) electrons. The second-order valence-electron chi connectivity index (χ2n) is 2.76. The quantitative estimate of drug-likeness (QED) is 0.566. The smallest absolute Gasteiger partial charge is 0.308 e. The van der Waals surface area contributed by atoms with E-state index in [4.69, 9.17) is 4.74 Å². The normalized spacial score (nSPS) is 25.7. The van der Waals surface area contributed by atoms with Crippen molar-refractivity contribution in [2.45, 2.75) is 19.3 Å².